The lowest BCUT2D eigenvalue weighted by Crippen LogP contribution is -2.45. The summed E-state index contributed by atoms with van der Waals surface area (Å²) in [5, 5.41) is 7.08. The maximum absolute atomic E-state index is 13.2. The molecule has 5 heteroatoms. The first-order valence-electron chi connectivity index (χ1n) is 7.22. The lowest BCUT2D eigenvalue weighted by Gasteiger charge is -2.24. The van der Waals surface area contributed by atoms with E-state index in [1.807, 2.05) is 0 Å². The summed E-state index contributed by atoms with van der Waals surface area (Å²) in [4.78, 5) is 16.7. The second-order valence-electron chi connectivity index (χ2n) is 5.48. The highest BCUT2D eigenvalue weighted by Gasteiger charge is 2.18. The zero-order chi connectivity index (χ0) is 14.8. The molecule has 0 saturated carbocycles. The Bertz CT molecular complexity index is 681. The molecular weight excluding hydrogens is 269 g/mol. The molecule has 1 aromatic carbocycles. The van der Waals surface area contributed by atoms with E-state index in [-0.39, 0.29) is 17.8 Å². The number of aryl methyl sites for hydroxylation is 1. The number of hydrogen-bond acceptors (Lipinski definition) is 3. The van der Waals surface area contributed by atoms with Gasteiger partial charge in [0.2, 0.25) is 0 Å². The number of nitrogens with one attached hydrogen (secondary N) is 2. The van der Waals surface area contributed by atoms with Crippen molar-refractivity contribution in [2.75, 3.05) is 13.1 Å². The predicted octanol–water partition coefficient (Wildman–Crippen LogP) is 2.16. The molecule has 3 rings (SSSR count). The number of aromatic nitrogens is 1. The van der Waals surface area contributed by atoms with Crippen molar-refractivity contribution in [2.45, 2.75) is 25.8 Å². The van der Waals surface area contributed by atoms with E-state index in [1.165, 1.54) is 12.1 Å². The summed E-state index contributed by atoms with van der Waals surface area (Å²) in [5.74, 6) is -0.431. The van der Waals surface area contributed by atoms with Gasteiger partial charge in [-0.1, -0.05) is 0 Å². The van der Waals surface area contributed by atoms with E-state index in [0.717, 1.165) is 31.3 Å². The number of nitrogens with zero attached hydrogens (tertiary/aromatic N) is 1. The number of piperidine rings is 1. The van der Waals surface area contributed by atoms with Crippen LogP contribution in [0.1, 0.15) is 28.9 Å². The molecule has 1 aliphatic heterocycles. The van der Waals surface area contributed by atoms with Gasteiger partial charge < -0.3 is 10.6 Å². The highest BCUT2D eigenvalue weighted by atomic mass is 19.1. The maximum atomic E-state index is 13.2. The van der Waals surface area contributed by atoms with Crippen LogP contribution >= 0.6 is 0 Å². The van der Waals surface area contributed by atoms with Crippen LogP contribution in [0, 0.1) is 12.7 Å². The molecule has 4 nitrogen and oxygen atoms in total. The third-order valence-corrected chi connectivity index (χ3v) is 3.85. The van der Waals surface area contributed by atoms with Crippen LogP contribution in [-0.2, 0) is 0 Å². The Morgan fingerprint density at radius 2 is 2.29 bits per heavy atom. The SMILES string of the molecule is Cc1nc2cc(F)ccc2cc1C(=O)NC1CCCNC1. The number of amides is 1. The fourth-order valence-corrected chi connectivity index (χ4v) is 2.70. The lowest BCUT2D eigenvalue weighted by molar-refractivity contribution is 0.0930. The third-order valence-electron chi connectivity index (χ3n) is 3.85. The first-order chi connectivity index (χ1) is 10.1. The molecule has 1 unspecified atom stereocenters. The number of halogens is 1. The highest BCUT2D eigenvalue weighted by molar-refractivity contribution is 5.98. The largest absolute Gasteiger partial charge is 0.348 e. The average Bonchev–Trinajstić information content (AvgIpc) is 2.47. The summed E-state index contributed by atoms with van der Waals surface area (Å²) in [6.45, 7) is 3.59. The van der Waals surface area contributed by atoms with E-state index in [0.29, 0.717) is 16.8 Å². The van der Waals surface area contributed by atoms with Crippen LogP contribution in [0.25, 0.3) is 10.9 Å². The molecule has 0 spiro atoms. The number of carbonyl (C=O) groups is 1. The van der Waals surface area contributed by atoms with Gasteiger partial charge in [-0.25, -0.2) is 4.39 Å². The molecule has 1 aliphatic rings. The van der Waals surface area contributed by atoms with Crippen molar-refractivity contribution < 1.29 is 9.18 Å². The van der Waals surface area contributed by atoms with Gasteiger partial charge in [-0.3, -0.25) is 9.78 Å². The minimum atomic E-state index is -0.320. The Labute approximate surface area is 122 Å². The summed E-state index contributed by atoms with van der Waals surface area (Å²) in [7, 11) is 0. The molecule has 1 fully saturated rings. The van der Waals surface area contributed by atoms with Crippen LogP contribution in [0.15, 0.2) is 24.3 Å². The smallest absolute Gasteiger partial charge is 0.253 e. The summed E-state index contributed by atoms with van der Waals surface area (Å²) in [6, 6.07) is 6.36. The van der Waals surface area contributed by atoms with E-state index in [4.69, 9.17) is 0 Å². The van der Waals surface area contributed by atoms with Gasteiger partial charge in [0.15, 0.2) is 0 Å². The highest BCUT2D eigenvalue weighted by Crippen LogP contribution is 2.18. The molecular formula is C16H18FN3O. The Hall–Kier alpha value is -2.01. The van der Waals surface area contributed by atoms with Crippen molar-refractivity contribution in [1.29, 1.82) is 0 Å². The Balaban J connectivity index is 1.86. The van der Waals surface area contributed by atoms with Crippen molar-refractivity contribution in [1.82, 2.24) is 15.6 Å². The van der Waals surface area contributed by atoms with Crippen LogP contribution in [0.5, 0.6) is 0 Å². The molecule has 1 atom stereocenters. The van der Waals surface area contributed by atoms with Crippen molar-refractivity contribution in [2.24, 2.45) is 0 Å². The molecule has 2 aromatic rings. The monoisotopic (exact) mass is 287 g/mol. The quantitative estimate of drug-likeness (QED) is 0.890. The topological polar surface area (TPSA) is 54.0 Å². The number of pyridine rings is 1. The number of benzene rings is 1. The predicted molar refractivity (Wildman–Crippen MR) is 79.8 cm³/mol. The van der Waals surface area contributed by atoms with E-state index in [1.54, 1.807) is 19.1 Å². The fourth-order valence-electron chi connectivity index (χ4n) is 2.70. The Kier molecular flexibility index (Phi) is 3.84. The Morgan fingerprint density at radius 3 is 3.05 bits per heavy atom. The molecule has 21 heavy (non-hydrogen) atoms. The van der Waals surface area contributed by atoms with Crippen molar-refractivity contribution in [3.05, 3.63) is 41.3 Å². The molecule has 2 heterocycles. The molecule has 2 N–H and O–H groups in total. The van der Waals surface area contributed by atoms with Gasteiger partial charge in [0.25, 0.3) is 5.91 Å². The lowest BCUT2D eigenvalue weighted by atomic mass is 10.1. The molecule has 1 amide bonds. The number of hydrogen-bond donors (Lipinski definition) is 2. The number of rotatable bonds is 2. The first kappa shape index (κ1) is 13.9. The van der Waals surface area contributed by atoms with E-state index in [9.17, 15) is 9.18 Å². The third kappa shape index (κ3) is 3.03. The van der Waals surface area contributed by atoms with Gasteiger partial charge in [-0.05, 0) is 44.5 Å². The van der Waals surface area contributed by atoms with Gasteiger partial charge in [0.05, 0.1) is 16.8 Å². The van der Waals surface area contributed by atoms with Crippen LogP contribution in [0.2, 0.25) is 0 Å². The van der Waals surface area contributed by atoms with E-state index < -0.39 is 0 Å². The molecule has 1 aromatic heterocycles. The fraction of sp³-hybridized carbons (Fsp3) is 0.375. The van der Waals surface area contributed by atoms with Crippen LogP contribution < -0.4 is 10.6 Å². The summed E-state index contributed by atoms with van der Waals surface area (Å²) in [5.41, 5.74) is 1.75. The summed E-state index contributed by atoms with van der Waals surface area (Å²) < 4.78 is 13.2. The van der Waals surface area contributed by atoms with Gasteiger partial charge >= 0.3 is 0 Å². The average molecular weight is 287 g/mol. The normalized spacial score (nSPS) is 18.7. The zero-order valence-electron chi connectivity index (χ0n) is 11.9. The van der Waals surface area contributed by atoms with Crippen molar-refractivity contribution in [3.63, 3.8) is 0 Å². The van der Waals surface area contributed by atoms with Gasteiger partial charge in [-0.2, -0.15) is 0 Å². The molecule has 0 aliphatic carbocycles. The molecule has 0 radical (unpaired) electrons. The van der Waals surface area contributed by atoms with Crippen molar-refractivity contribution >= 4 is 16.8 Å². The minimum absolute atomic E-state index is 0.111. The second-order valence-corrected chi connectivity index (χ2v) is 5.48. The summed E-state index contributed by atoms with van der Waals surface area (Å²) >= 11 is 0. The zero-order valence-corrected chi connectivity index (χ0v) is 11.9. The van der Waals surface area contributed by atoms with Gasteiger partial charge in [0.1, 0.15) is 5.82 Å². The van der Waals surface area contributed by atoms with Crippen LogP contribution in [0.4, 0.5) is 4.39 Å². The van der Waals surface area contributed by atoms with Crippen LogP contribution in [-0.4, -0.2) is 30.0 Å². The molecule has 0 bridgehead atoms. The molecule has 1 saturated heterocycles. The van der Waals surface area contributed by atoms with E-state index in [2.05, 4.69) is 15.6 Å². The van der Waals surface area contributed by atoms with Crippen molar-refractivity contribution in [3.8, 4) is 0 Å². The number of carbonyl (C=O) groups excluding carboxylic acids is 1. The van der Waals surface area contributed by atoms with Gasteiger partial charge in [-0.15, -0.1) is 0 Å². The molecule has 110 valence electrons. The standard InChI is InChI=1S/C16H18FN3O/c1-10-14(16(21)20-13-3-2-6-18-9-13)7-11-4-5-12(17)8-15(11)19-10/h4-5,7-8,13,18H,2-3,6,9H2,1H3,(H,20,21). The van der Waals surface area contributed by atoms with E-state index >= 15 is 0 Å². The maximum Gasteiger partial charge on any atom is 0.253 e. The summed E-state index contributed by atoms with van der Waals surface area (Å²) in [6.07, 6.45) is 2.06. The second kappa shape index (κ2) is 5.77. The van der Waals surface area contributed by atoms with Gasteiger partial charge in [0, 0.05) is 24.0 Å². The Morgan fingerprint density at radius 1 is 1.43 bits per heavy atom. The first-order valence-corrected chi connectivity index (χ1v) is 7.22. The number of fused-ring (bicyclic) bond motifs is 1. The minimum Gasteiger partial charge on any atom is -0.348 e. The van der Waals surface area contributed by atoms with Crippen LogP contribution in [0.3, 0.4) is 0 Å².